The highest BCUT2D eigenvalue weighted by atomic mass is 35.5. The lowest BCUT2D eigenvalue weighted by molar-refractivity contribution is -0.119. The van der Waals surface area contributed by atoms with Gasteiger partial charge in [-0.2, -0.15) is 5.10 Å². The molecule has 0 fully saturated rings. The second-order valence-electron chi connectivity index (χ2n) is 6.61. The summed E-state index contributed by atoms with van der Waals surface area (Å²) in [7, 11) is 0. The first kappa shape index (κ1) is 19.0. The molecule has 2 N–H and O–H groups in total. The Hall–Kier alpha value is -2.73. The first-order chi connectivity index (χ1) is 12.8. The average Bonchev–Trinajstić information content (AvgIpc) is 2.89. The van der Waals surface area contributed by atoms with Gasteiger partial charge in [-0.1, -0.05) is 17.7 Å². The molecule has 0 aliphatic rings. The van der Waals surface area contributed by atoms with E-state index in [4.69, 9.17) is 17.3 Å². The molecule has 0 bridgehead atoms. The smallest absolute Gasteiger partial charge is 0.225 e. The van der Waals surface area contributed by atoms with Gasteiger partial charge >= 0.3 is 0 Å². The van der Waals surface area contributed by atoms with Crippen molar-refractivity contribution in [2.45, 2.75) is 33.1 Å². The largest absolute Gasteiger partial charge is 0.369 e. The Morgan fingerprint density at radius 3 is 2.63 bits per heavy atom. The van der Waals surface area contributed by atoms with Crippen LogP contribution in [0, 0.1) is 26.6 Å². The number of nitrogens with zero attached hydrogens (tertiary/aromatic N) is 3. The molecule has 0 spiro atoms. The van der Waals surface area contributed by atoms with Crippen LogP contribution < -0.4 is 5.73 Å². The molecule has 2 heterocycles. The number of amides is 1. The normalized spacial score (nSPS) is 12.2. The second-order valence-corrected chi connectivity index (χ2v) is 7.02. The highest BCUT2D eigenvalue weighted by molar-refractivity contribution is 6.31. The van der Waals surface area contributed by atoms with E-state index in [1.54, 1.807) is 23.1 Å². The van der Waals surface area contributed by atoms with Gasteiger partial charge in [0.1, 0.15) is 5.82 Å². The molecule has 2 aromatic heterocycles. The van der Waals surface area contributed by atoms with E-state index < -0.39 is 17.6 Å². The summed E-state index contributed by atoms with van der Waals surface area (Å²) in [4.78, 5) is 16.4. The molecule has 1 amide bonds. The van der Waals surface area contributed by atoms with E-state index in [0.29, 0.717) is 11.3 Å². The number of benzene rings is 1. The number of halogens is 2. The van der Waals surface area contributed by atoms with Crippen LogP contribution in [-0.4, -0.2) is 20.7 Å². The third kappa shape index (κ3) is 3.85. The molecular formula is C20H20ClFN4O. The van der Waals surface area contributed by atoms with Crippen molar-refractivity contribution in [2.75, 3.05) is 0 Å². The zero-order valence-electron chi connectivity index (χ0n) is 15.3. The minimum absolute atomic E-state index is 0.270. The average molecular weight is 387 g/mol. The van der Waals surface area contributed by atoms with Crippen LogP contribution in [0.3, 0.4) is 0 Å². The van der Waals surface area contributed by atoms with Crippen LogP contribution in [-0.2, 0) is 11.2 Å². The maximum absolute atomic E-state index is 13.3. The molecular weight excluding hydrogens is 367 g/mol. The van der Waals surface area contributed by atoms with Crippen LogP contribution in [0.25, 0.3) is 5.69 Å². The van der Waals surface area contributed by atoms with Crippen molar-refractivity contribution in [1.29, 1.82) is 0 Å². The van der Waals surface area contributed by atoms with E-state index in [9.17, 15) is 9.18 Å². The number of nitrogens with two attached hydrogens (primary N) is 1. The summed E-state index contributed by atoms with van der Waals surface area (Å²) in [6.45, 7) is 5.68. The second kappa shape index (κ2) is 7.48. The first-order valence-electron chi connectivity index (χ1n) is 8.49. The third-order valence-electron chi connectivity index (χ3n) is 4.58. The van der Waals surface area contributed by atoms with Crippen molar-refractivity contribution in [2.24, 2.45) is 5.73 Å². The molecule has 0 saturated carbocycles. The van der Waals surface area contributed by atoms with Crippen LogP contribution in [0.4, 0.5) is 4.39 Å². The minimum atomic E-state index is -0.625. The van der Waals surface area contributed by atoms with Crippen LogP contribution in [0.2, 0.25) is 5.02 Å². The fourth-order valence-corrected chi connectivity index (χ4v) is 3.56. The van der Waals surface area contributed by atoms with Gasteiger partial charge < -0.3 is 5.73 Å². The van der Waals surface area contributed by atoms with Crippen molar-refractivity contribution >= 4 is 17.5 Å². The van der Waals surface area contributed by atoms with Crippen molar-refractivity contribution in [3.63, 3.8) is 0 Å². The Bertz CT molecular complexity index is 1020. The molecule has 0 aliphatic carbocycles. The quantitative estimate of drug-likeness (QED) is 0.724. The van der Waals surface area contributed by atoms with Gasteiger partial charge in [-0.3, -0.25) is 9.78 Å². The van der Waals surface area contributed by atoms with E-state index in [1.165, 1.54) is 12.1 Å². The molecule has 7 heteroatoms. The monoisotopic (exact) mass is 386 g/mol. The third-order valence-corrected chi connectivity index (χ3v) is 4.94. The molecule has 1 unspecified atom stereocenters. The highest BCUT2D eigenvalue weighted by Gasteiger charge is 2.27. The van der Waals surface area contributed by atoms with E-state index in [1.807, 2.05) is 26.8 Å². The summed E-state index contributed by atoms with van der Waals surface area (Å²) in [5.74, 6) is -1.53. The number of aromatic nitrogens is 3. The highest BCUT2D eigenvalue weighted by Crippen LogP contribution is 2.31. The number of carbonyl (C=O) groups is 1. The van der Waals surface area contributed by atoms with Gasteiger partial charge in [-0.15, -0.1) is 0 Å². The topological polar surface area (TPSA) is 73.8 Å². The molecule has 27 heavy (non-hydrogen) atoms. The number of hydrogen-bond donors (Lipinski definition) is 1. The van der Waals surface area contributed by atoms with E-state index >= 15 is 0 Å². The Labute approximate surface area is 162 Å². The molecule has 1 atom stereocenters. The zero-order valence-corrected chi connectivity index (χ0v) is 16.1. The number of aryl methyl sites for hydroxylation is 2. The van der Waals surface area contributed by atoms with Gasteiger partial charge in [0.15, 0.2) is 0 Å². The molecule has 3 aromatic rings. The lowest BCUT2D eigenvalue weighted by atomic mass is 9.90. The summed E-state index contributed by atoms with van der Waals surface area (Å²) in [6, 6.07) is 6.09. The predicted molar refractivity (Wildman–Crippen MR) is 103 cm³/mol. The SMILES string of the molecule is Cc1cncc(-n2nc(C)c(C(Cc3ccc(F)cc3Cl)C(N)=O)c2C)c1. The zero-order chi connectivity index (χ0) is 19.7. The van der Waals surface area contributed by atoms with Crippen LogP contribution in [0.1, 0.15) is 34.0 Å². The van der Waals surface area contributed by atoms with Gasteiger partial charge in [0, 0.05) is 22.5 Å². The lowest BCUT2D eigenvalue weighted by Crippen LogP contribution is -2.24. The summed E-state index contributed by atoms with van der Waals surface area (Å²) in [5, 5.41) is 4.85. The Balaban J connectivity index is 2.05. The number of carbonyl (C=O) groups excluding carboxylic acids is 1. The summed E-state index contributed by atoms with van der Waals surface area (Å²) in [5.41, 5.74) is 10.4. The molecule has 1 aromatic carbocycles. The Morgan fingerprint density at radius 1 is 1.26 bits per heavy atom. The molecule has 3 rings (SSSR count). The van der Waals surface area contributed by atoms with E-state index in [2.05, 4.69) is 10.1 Å². The first-order valence-corrected chi connectivity index (χ1v) is 8.87. The number of rotatable bonds is 5. The van der Waals surface area contributed by atoms with Crippen molar-refractivity contribution in [3.8, 4) is 5.69 Å². The van der Waals surface area contributed by atoms with Gasteiger partial charge in [0.05, 0.1) is 23.5 Å². The fraction of sp³-hybridized carbons (Fsp3) is 0.250. The lowest BCUT2D eigenvalue weighted by Gasteiger charge is -2.16. The number of primary amides is 1. The van der Waals surface area contributed by atoms with Gasteiger partial charge in [-0.05, 0) is 56.5 Å². The summed E-state index contributed by atoms with van der Waals surface area (Å²) < 4.78 is 15.1. The maximum Gasteiger partial charge on any atom is 0.225 e. The molecule has 140 valence electrons. The maximum atomic E-state index is 13.3. The van der Waals surface area contributed by atoms with Gasteiger partial charge in [-0.25, -0.2) is 9.07 Å². The van der Waals surface area contributed by atoms with E-state index in [0.717, 1.165) is 22.5 Å². The van der Waals surface area contributed by atoms with Crippen molar-refractivity contribution < 1.29 is 9.18 Å². The molecule has 0 radical (unpaired) electrons. The summed E-state index contributed by atoms with van der Waals surface area (Å²) >= 11 is 6.14. The van der Waals surface area contributed by atoms with Crippen LogP contribution in [0.5, 0.6) is 0 Å². The standard InChI is InChI=1S/C20H20ClFN4O/c1-11-6-16(10-24-9-11)26-13(3)19(12(2)25-26)17(20(23)27)7-14-4-5-15(22)8-18(14)21/h4-6,8-10,17H,7H2,1-3H3,(H2,23,27). The molecule has 0 aliphatic heterocycles. The fourth-order valence-electron chi connectivity index (χ4n) is 3.32. The minimum Gasteiger partial charge on any atom is -0.369 e. The molecule has 0 saturated heterocycles. The van der Waals surface area contributed by atoms with Gasteiger partial charge in [0.2, 0.25) is 5.91 Å². The summed E-state index contributed by atoms with van der Waals surface area (Å²) in [6.07, 6.45) is 3.75. The van der Waals surface area contributed by atoms with Crippen LogP contribution >= 0.6 is 11.6 Å². The number of pyridine rings is 1. The Kier molecular flexibility index (Phi) is 5.28. The van der Waals surface area contributed by atoms with Crippen molar-refractivity contribution in [1.82, 2.24) is 14.8 Å². The number of hydrogen-bond acceptors (Lipinski definition) is 3. The van der Waals surface area contributed by atoms with Crippen LogP contribution in [0.15, 0.2) is 36.7 Å². The van der Waals surface area contributed by atoms with E-state index in [-0.39, 0.29) is 11.4 Å². The predicted octanol–water partition coefficient (Wildman–Crippen LogP) is 3.80. The van der Waals surface area contributed by atoms with Crippen molar-refractivity contribution in [3.05, 3.63) is 75.6 Å². The van der Waals surface area contributed by atoms with Gasteiger partial charge in [0.25, 0.3) is 0 Å². The molecule has 5 nitrogen and oxygen atoms in total. The Morgan fingerprint density at radius 2 is 2.00 bits per heavy atom.